The summed E-state index contributed by atoms with van der Waals surface area (Å²) in [6, 6.07) is 0.656. The van der Waals surface area contributed by atoms with E-state index in [1.807, 2.05) is 0 Å². The van der Waals surface area contributed by atoms with Gasteiger partial charge in [0.05, 0.1) is 11.5 Å². The normalized spacial score (nSPS) is 15.8. The van der Waals surface area contributed by atoms with Gasteiger partial charge in [-0.25, -0.2) is 4.79 Å². The molecule has 0 aliphatic rings. The standard InChI is InChI=1S/C13H19N2O9P/c1-2-24-10-6-7(5-9(11(10)16)15(20)21)13(19)25(22,23)4-3-8(14)12(17)18/h5-6,8,13,16,19H,2-4,14H2,1H3,(H,17,18)(H,22,23)/p+1/t8-,13?/m0/s1. The van der Waals surface area contributed by atoms with Gasteiger partial charge in [0.1, 0.15) is 0 Å². The summed E-state index contributed by atoms with van der Waals surface area (Å²) in [7, 11) is -4.31. The first-order valence-corrected chi connectivity index (χ1v) is 9.12. The molecule has 140 valence electrons. The molecule has 0 spiro atoms. The Kier molecular flexibility index (Phi) is 6.88. The van der Waals surface area contributed by atoms with Crippen LogP contribution in [0.1, 0.15) is 24.8 Å². The molecule has 0 fully saturated rings. The lowest BCUT2D eigenvalue weighted by molar-refractivity contribution is -0.407. The zero-order chi connectivity index (χ0) is 19.4. The summed E-state index contributed by atoms with van der Waals surface area (Å²) < 4.78 is 17.3. The molecule has 1 aromatic rings. The Bertz CT molecular complexity index is 709. The van der Waals surface area contributed by atoms with E-state index >= 15 is 0 Å². The van der Waals surface area contributed by atoms with E-state index < -0.39 is 47.7 Å². The quantitative estimate of drug-likeness (QED) is 0.224. The molecule has 1 rings (SSSR count). The number of carboxylic acids is 1. The maximum absolute atomic E-state index is 12.3. The van der Waals surface area contributed by atoms with Gasteiger partial charge in [0, 0.05) is 24.2 Å². The van der Waals surface area contributed by atoms with Crippen molar-refractivity contribution in [2.45, 2.75) is 25.2 Å². The molecule has 1 aromatic carbocycles. The Balaban J connectivity index is 3.18. The molecular weight excluding hydrogens is 359 g/mol. The van der Waals surface area contributed by atoms with Crippen LogP contribution in [0, 0.1) is 10.1 Å². The number of quaternary nitrogens is 1. The third-order valence-corrected chi connectivity index (χ3v) is 5.36. The van der Waals surface area contributed by atoms with E-state index in [4.69, 9.17) is 9.84 Å². The predicted octanol–water partition coefficient (Wildman–Crippen LogP) is 0.0456. The third-order valence-electron chi connectivity index (χ3n) is 3.40. The lowest BCUT2D eigenvalue weighted by Crippen LogP contribution is -2.65. The average molecular weight is 379 g/mol. The summed E-state index contributed by atoms with van der Waals surface area (Å²) in [5.74, 6) is -4.34. The number of carboxylic acid groups (broad SMARTS) is 1. The van der Waals surface area contributed by atoms with Crippen molar-refractivity contribution in [2.24, 2.45) is 0 Å². The second-order valence-electron chi connectivity index (χ2n) is 5.25. The van der Waals surface area contributed by atoms with Crippen molar-refractivity contribution in [2.75, 3.05) is 12.8 Å². The number of rotatable bonds is 9. The largest absolute Gasteiger partial charge is 0.500 e. The van der Waals surface area contributed by atoms with Crippen molar-refractivity contribution in [1.82, 2.24) is 0 Å². The summed E-state index contributed by atoms with van der Waals surface area (Å²) in [6.45, 7) is 1.62. The van der Waals surface area contributed by atoms with Gasteiger partial charge in [0.2, 0.25) is 13.1 Å². The second-order valence-corrected chi connectivity index (χ2v) is 7.70. The van der Waals surface area contributed by atoms with Gasteiger partial charge in [-0.2, -0.15) is 0 Å². The molecule has 3 atom stereocenters. The molecule has 12 heteroatoms. The number of nitrogens with zero attached hydrogens (tertiary/aromatic N) is 1. The number of aromatic hydroxyl groups is 1. The minimum atomic E-state index is -4.31. The van der Waals surface area contributed by atoms with Crippen molar-refractivity contribution >= 4 is 19.0 Å². The van der Waals surface area contributed by atoms with Gasteiger partial charge >= 0.3 is 11.7 Å². The fourth-order valence-electron chi connectivity index (χ4n) is 1.99. The highest BCUT2D eigenvalue weighted by Crippen LogP contribution is 2.56. The van der Waals surface area contributed by atoms with Gasteiger partial charge < -0.3 is 30.7 Å². The topological polar surface area (TPSA) is 195 Å². The number of carbonyl (C=O) groups is 1. The number of aliphatic carboxylic acids is 1. The van der Waals surface area contributed by atoms with E-state index in [1.165, 1.54) is 0 Å². The van der Waals surface area contributed by atoms with Gasteiger partial charge in [0.15, 0.2) is 17.6 Å². The van der Waals surface area contributed by atoms with Crippen molar-refractivity contribution in [3.63, 3.8) is 0 Å². The summed E-state index contributed by atoms with van der Waals surface area (Å²) in [6.07, 6.45) is -0.814. The van der Waals surface area contributed by atoms with Crippen molar-refractivity contribution in [1.29, 1.82) is 0 Å². The van der Waals surface area contributed by atoms with Crippen LogP contribution >= 0.6 is 7.37 Å². The van der Waals surface area contributed by atoms with Crippen LogP contribution in [0.5, 0.6) is 11.5 Å². The SMILES string of the molecule is CCOc1cc(C(O)P(=O)(O)CC[C@H]([NH3+])C(=O)O)cc([N+](=O)[O-])c1O. The van der Waals surface area contributed by atoms with Gasteiger partial charge in [-0.15, -0.1) is 0 Å². The van der Waals surface area contributed by atoms with E-state index in [-0.39, 0.29) is 24.3 Å². The molecular formula is C13H20N2O9P+. The van der Waals surface area contributed by atoms with E-state index in [9.17, 15) is 34.6 Å². The maximum atomic E-state index is 12.3. The van der Waals surface area contributed by atoms with Gasteiger partial charge in [-0.3, -0.25) is 14.7 Å². The summed E-state index contributed by atoms with van der Waals surface area (Å²) in [5.41, 5.74) is 2.22. The Morgan fingerprint density at radius 1 is 1.48 bits per heavy atom. The first-order valence-electron chi connectivity index (χ1n) is 7.20. The van der Waals surface area contributed by atoms with Crippen molar-refractivity contribution < 1.29 is 45.0 Å². The molecule has 0 aliphatic carbocycles. The molecule has 0 amide bonds. The number of benzene rings is 1. The molecule has 0 bridgehead atoms. The lowest BCUT2D eigenvalue weighted by atomic mass is 10.1. The highest BCUT2D eigenvalue weighted by molar-refractivity contribution is 7.58. The van der Waals surface area contributed by atoms with Gasteiger partial charge in [0.25, 0.3) is 0 Å². The molecule has 0 aromatic heterocycles. The summed E-state index contributed by atoms with van der Waals surface area (Å²) in [4.78, 5) is 30.8. The molecule has 0 saturated carbocycles. The highest BCUT2D eigenvalue weighted by Gasteiger charge is 2.35. The van der Waals surface area contributed by atoms with Crippen LogP contribution < -0.4 is 10.5 Å². The van der Waals surface area contributed by atoms with Crippen LogP contribution in [0.25, 0.3) is 0 Å². The fourth-order valence-corrected chi connectivity index (χ4v) is 3.53. The molecule has 0 aliphatic heterocycles. The monoisotopic (exact) mass is 379 g/mol. The molecule has 2 unspecified atom stereocenters. The third kappa shape index (κ3) is 5.13. The summed E-state index contributed by atoms with van der Waals surface area (Å²) in [5, 5.41) is 39.7. The van der Waals surface area contributed by atoms with Gasteiger partial charge in [-0.1, -0.05) is 0 Å². The minimum absolute atomic E-state index is 0.0584. The summed E-state index contributed by atoms with van der Waals surface area (Å²) >= 11 is 0. The number of phenolic OH excluding ortho intramolecular Hbond substituents is 1. The molecule has 25 heavy (non-hydrogen) atoms. The van der Waals surface area contributed by atoms with Crippen LogP contribution in [-0.2, 0) is 9.36 Å². The molecule has 0 radical (unpaired) electrons. The Labute approximate surface area is 142 Å². The number of hydrogen-bond acceptors (Lipinski definition) is 7. The zero-order valence-electron chi connectivity index (χ0n) is 13.4. The number of aliphatic hydroxyl groups is 1. The van der Waals surface area contributed by atoms with E-state index in [0.29, 0.717) is 0 Å². The van der Waals surface area contributed by atoms with Crippen LogP contribution in [0.3, 0.4) is 0 Å². The molecule has 0 heterocycles. The van der Waals surface area contributed by atoms with E-state index in [2.05, 4.69) is 5.73 Å². The lowest BCUT2D eigenvalue weighted by Gasteiger charge is -2.19. The van der Waals surface area contributed by atoms with E-state index in [1.54, 1.807) is 6.92 Å². The molecule has 0 saturated heterocycles. The first kappa shape index (κ1) is 20.8. The number of hydrogen-bond donors (Lipinski definition) is 5. The number of phenols is 1. The Morgan fingerprint density at radius 3 is 2.56 bits per heavy atom. The van der Waals surface area contributed by atoms with Crippen LogP contribution in [0.4, 0.5) is 5.69 Å². The van der Waals surface area contributed by atoms with Crippen molar-refractivity contribution in [3.05, 3.63) is 27.8 Å². The fraction of sp³-hybridized carbons (Fsp3) is 0.462. The highest BCUT2D eigenvalue weighted by atomic mass is 31.2. The Morgan fingerprint density at radius 2 is 2.08 bits per heavy atom. The molecule has 11 nitrogen and oxygen atoms in total. The average Bonchev–Trinajstić information content (AvgIpc) is 2.53. The number of aliphatic hydroxyl groups excluding tert-OH is 1. The van der Waals surface area contributed by atoms with Gasteiger partial charge in [-0.05, 0) is 13.0 Å². The minimum Gasteiger partial charge on any atom is -0.500 e. The smallest absolute Gasteiger partial charge is 0.362 e. The Hall–Kier alpha value is -2.20. The van der Waals surface area contributed by atoms with Crippen LogP contribution in [-0.4, -0.2) is 49.9 Å². The predicted molar refractivity (Wildman–Crippen MR) is 84.5 cm³/mol. The number of nitro benzene ring substituents is 1. The van der Waals surface area contributed by atoms with Crippen LogP contribution in [0.15, 0.2) is 12.1 Å². The number of ether oxygens (including phenoxy) is 1. The van der Waals surface area contributed by atoms with E-state index in [0.717, 1.165) is 12.1 Å². The van der Waals surface area contributed by atoms with Crippen molar-refractivity contribution in [3.8, 4) is 11.5 Å². The number of nitro groups is 1. The van der Waals surface area contributed by atoms with Crippen LogP contribution in [0.2, 0.25) is 0 Å². The zero-order valence-corrected chi connectivity index (χ0v) is 14.3. The maximum Gasteiger partial charge on any atom is 0.362 e. The second kappa shape index (κ2) is 8.26. The first-order chi connectivity index (χ1) is 11.5. The molecule has 7 N–H and O–H groups in total.